The Kier molecular flexibility index (Phi) is 6.42. The van der Waals surface area contributed by atoms with E-state index in [0.717, 1.165) is 27.0 Å². The van der Waals surface area contributed by atoms with Gasteiger partial charge in [-0.25, -0.2) is 4.79 Å². The normalized spacial score (nSPS) is 19.4. The molecule has 1 aromatic heterocycles. The first-order valence-corrected chi connectivity index (χ1v) is 11.0. The molecule has 32 heavy (non-hydrogen) atoms. The van der Waals surface area contributed by atoms with Crippen molar-refractivity contribution in [3.05, 3.63) is 95.5 Å². The highest BCUT2D eigenvalue weighted by molar-refractivity contribution is 5.70. The Morgan fingerprint density at radius 1 is 1.09 bits per heavy atom. The Labute approximate surface area is 188 Å². The summed E-state index contributed by atoms with van der Waals surface area (Å²) in [6.45, 7) is 2.62. The van der Waals surface area contributed by atoms with Crippen molar-refractivity contribution in [3.63, 3.8) is 0 Å². The molecule has 6 heteroatoms. The minimum Gasteiger partial charge on any atom is -0.619 e. The van der Waals surface area contributed by atoms with Crippen molar-refractivity contribution in [2.24, 2.45) is 0 Å². The number of rotatable bonds is 7. The third kappa shape index (κ3) is 4.46. The van der Waals surface area contributed by atoms with Crippen LogP contribution in [-0.2, 0) is 10.3 Å². The summed E-state index contributed by atoms with van der Waals surface area (Å²) < 4.78 is 6.85. The molecular weight excluding hydrogens is 404 g/mol. The van der Waals surface area contributed by atoms with Gasteiger partial charge in [-0.3, -0.25) is 0 Å². The van der Waals surface area contributed by atoms with E-state index >= 15 is 0 Å². The summed E-state index contributed by atoms with van der Waals surface area (Å²) in [4.78, 5) is 14.8. The Balaban J connectivity index is 1.51. The van der Waals surface area contributed by atoms with Gasteiger partial charge in [-0.15, -0.1) is 0 Å². The van der Waals surface area contributed by atoms with Gasteiger partial charge in [0.2, 0.25) is 0 Å². The van der Waals surface area contributed by atoms with Crippen LogP contribution in [0.5, 0.6) is 0 Å². The molecule has 1 fully saturated rings. The zero-order valence-electron chi connectivity index (χ0n) is 18.2. The van der Waals surface area contributed by atoms with E-state index in [9.17, 15) is 15.1 Å². The molecule has 166 valence electrons. The molecule has 1 saturated heterocycles. The highest BCUT2D eigenvalue weighted by Gasteiger charge is 2.43. The van der Waals surface area contributed by atoms with Crippen LogP contribution in [0.15, 0.2) is 79.1 Å². The van der Waals surface area contributed by atoms with Crippen molar-refractivity contribution in [2.75, 3.05) is 13.2 Å². The first kappa shape index (κ1) is 21.8. The summed E-state index contributed by atoms with van der Waals surface area (Å²) in [5.74, 6) is 0. The summed E-state index contributed by atoms with van der Waals surface area (Å²) in [6.07, 6.45) is 4.48. The number of ether oxygens (including phenoxy) is 1. The van der Waals surface area contributed by atoms with Crippen molar-refractivity contribution in [3.8, 4) is 11.1 Å². The van der Waals surface area contributed by atoms with Gasteiger partial charge < -0.3 is 20.0 Å². The first-order chi connectivity index (χ1) is 15.5. The number of amides is 1. The van der Waals surface area contributed by atoms with Crippen molar-refractivity contribution in [2.45, 2.75) is 37.8 Å². The van der Waals surface area contributed by atoms with Crippen molar-refractivity contribution in [1.29, 1.82) is 0 Å². The van der Waals surface area contributed by atoms with E-state index in [1.807, 2.05) is 67.6 Å². The van der Waals surface area contributed by atoms with Crippen LogP contribution in [0.3, 0.4) is 0 Å². The second-order valence-corrected chi connectivity index (χ2v) is 8.25. The molecule has 6 nitrogen and oxygen atoms in total. The maximum absolute atomic E-state index is 13.1. The third-order valence-electron chi connectivity index (χ3n) is 6.28. The molecule has 2 aromatic carbocycles. The standard InChI is InChI=1S/C26H28N2O4/c1-20(21-10-12-22(13-11-21)23-7-5-16-27(31)19-23)28-17-15-26(14-6-18-29,32-25(28)30)24-8-3-2-4-9-24/h2-5,7-13,16,19-20,29H,6,14-15,17-18H2,1H3/t20-,26?/m0/s1. The lowest BCUT2D eigenvalue weighted by Gasteiger charge is -2.43. The van der Waals surface area contributed by atoms with Gasteiger partial charge in [0, 0.05) is 31.2 Å². The molecule has 2 heterocycles. The summed E-state index contributed by atoms with van der Waals surface area (Å²) in [7, 11) is 0. The molecule has 0 aliphatic carbocycles. The molecule has 0 bridgehead atoms. The maximum atomic E-state index is 13.1. The van der Waals surface area contributed by atoms with Gasteiger partial charge >= 0.3 is 6.09 Å². The lowest BCUT2D eigenvalue weighted by molar-refractivity contribution is -0.604. The summed E-state index contributed by atoms with van der Waals surface area (Å²) in [5.41, 5.74) is 3.05. The Morgan fingerprint density at radius 2 is 1.84 bits per heavy atom. The molecule has 1 aliphatic rings. The number of aliphatic hydroxyl groups excluding tert-OH is 1. The van der Waals surface area contributed by atoms with Crippen LogP contribution < -0.4 is 4.73 Å². The summed E-state index contributed by atoms with van der Waals surface area (Å²) in [6, 6.07) is 21.2. The lowest BCUT2D eigenvalue weighted by atomic mass is 9.84. The van der Waals surface area contributed by atoms with Crippen LogP contribution in [0.1, 0.15) is 43.4 Å². The fourth-order valence-corrected chi connectivity index (χ4v) is 4.41. The van der Waals surface area contributed by atoms with Gasteiger partial charge in [0.1, 0.15) is 5.60 Å². The number of pyridine rings is 1. The van der Waals surface area contributed by atoms with Crippen LogP contribution in [0.4, 0.5) is 4.79 Å². The molecule has 1 N–H and O–H groups in total. The van der Waals surface area contributed by atoms with E-state index < -0.39 is 5.60 Å². The van der Waals surface area contributed by atoms with E-state index in [2.05, 4.69) is 0 Å². The number of aromatic nitrogens is 1. The fourth-order valence-electron chi connectivity index (χ4n) is 4.41. The quantitative estimate of drug-likeness (QED) is 0.439. The van der Waals surface area contributed by atoms with Crippen LogP contribution >= 0.6 is 0 Å². The predicted octanol–water partition coefficient (Wildman–Crippen LogP) is 4.56. The zero-order valence-corrected chi connectivity index (χ0v) is 18.2. The Hall–Kier alpha value is -3.38. The van der Waals surface area contributed by atoms with E-state index in [-0.39, 0.29) is 18.7 Å². The summed E-state index contributed by atoms with van der Waals surface area (Å²) in [5, 5.41) is 20.9. The van der Waals surface area contributed by atoms with E-state index in [1.165, 1.54) is 12.4 Å². The molecule has 1 unspecified atom stereocenters. The second-order valence-electron chi connectivity index (χ2n) is 8.25. The minimum atomic E-state index is -0.706. The van der Waals surface area contributed by atoms with Crippen molar-refractivity contribution >= 4 is 6.09 Å². The smallest absolute Gasteiger partial charge is 0.411 e. The van der Waals surface area contributed by atoms with Crippen molar-refractivity contribution < 1.29 is 19.4 Å². The van der Waals surface area contributed by atoms with Crippen LogP contribution in [-0.4, -0.2) is 29.3 Å². The van der Waals surface area contributed by atoms with Gasteiger partial charge in [-0.2, -0.15) is 4.73 Å². The van der Waals surface area contributed by atoms with E-state index in [1.54, 1.807) is 11.0 Å². The topological polar surface area (TPSA) is 76.7 Å². The first-order valence-electron chi connectivity index (χ1n) is 11.0. The molecule has 3 aromatic rings. The number of cyclic esters (lactones) is 1. The second kappa shape index (κ2) is 9.40. The average Bonchev–Trinajstić information content (AvgIpc) is 2.83. The highest BCUT2D eigenvalue weighted by atomic mass is 16.6. The van der Waals surface area contributed by atoms with E-state index in [0.29, 0.717) is 25.8 Å². The summed E-state index contributed by atoms with van der Waals surface area (Å²) >= 11 is 0. The number of nitrogens with zero attached hydrogens (tertiary/aromatic N) is 2. The van der Waals surface area contributed by atoms with Crippen LogP contribution in [0.2, 0.25) is 0 Å². The maximum Gasteiger partial charge on any atom is 0.411 e. The monoisotopic (exact) mass is 432 g/mol. The number of aliphatic hydroxyl groups is 1. The molecule has 0 saturated carbocycles. The van der Waals surface area contributed by atoms with Gasteiger partial charge in [-0.1, -0.05) is 54.6 Å². The fraction of sp³-hybridized carbons (Fsp3) is 0.308. The number of benzene rings is 2. The molecule has 4 rings (SSSR count). The van der Waals surface area contributed by atoms with Gasteiger partial charge in [-0.05, 0) is 42.5 Å². The van der Waals surface area contributed by atoms with Crippen molar-refractivity contribution in [1.82, 2.24) is 4.90 Å². The number of hydrogen-bond donors (Lipinski definition) is 1. The molecule has 1 amide bonds. The van der Waals surface area contributed by atoms with Gasteiger partial charge in [0.15, 0.2) is 12.4 Å². The zero-order chi connectivity index (χ0) is 22.6. The number of carbonyl (C=O) groups excluding carboxylic acids is 1. The molecule has 2 atom stereocenters. The minimum absolute atomic E-state index is 0.0619. The Morgan fingerprint density at radius 3 is 2.50 bits per heavy atom. The van der Waals surface area contributed by atoms with Gasteiger partial charge in [0.25, 0.3) is 0 Å². The van der Waals surface area contributed by atoms with Crippen LogP contribution in [0, 0.1) is 5.21 Å². The average molecular weight is 433 g/mol. The SMILES string of the molecule is C[C@@H](c1ccc(-c2ccc[n+]([O-])c2)cc1)N1CCC(CCCO)(c2ccccc2)OC1=O. The molecule has 0 spiro atoms. The molecule has 0 radical (unpaired) electrons. The molecule has 1 aliphatic heterocycles. The number of hydrogen-bond acceptors (Lipinski definition) is 4. The lowest BCUT2D eigenvalue weighted by Crippen LogP contribution is -2.48. The number of carbonyl (C=O) groups is 1. The van der Waals surface area contributed by atoms with Gasteiger partial charge in [0.05, 0.1) is 6.04 Å². The third-order valence-corrected chi connectivity index (χ3v) is 6.28. The molecular formula is C26H28N2O4. The largest absolute Gasteiger partial charge is 0.619 e. The Bertz CT molecular complexity index is 1050. The highest BCUT2D eigenvalue weighted by Crippen LogP contribution is 2.40. The van der Waals surface area contributed by atoms with Crippen LogP contribution in [0.25, 0.3) is 11.1 Å². The predicted molar refractivity (Wildman–Crippen MR) is 121 cm³/mol. The van der Waals surface area contributed by atoms with E-state index in [4.69, 9.17) is 4.74 Å².